The highest BCUT2D eigenvalue weighted by Crippen LogP contribution is 2.36. The van der Waals surface area contributed by atoms with E-state index in [1.165, 1.54) is 13.2 Å². The molecule has 1 aromatic carbocycles. The minimum absolute atomic E-state index is 0.0488. The SMILES string of the molecule is CNCC(=O)c1c(O)c(OC)cc(Br)c1F. The third kappa shape index (κ3) is 2.33. The van der Waals surface area contributed by atoms with Crippen molar-refractivity contribution in [2.24, 2.45) is 0 Å². The molecule has 1 rings (SSSR count). The zero-order valence-electron chi connectivity index (χ0n) is 8.80. The summed E-state index contributed by atoms with van der Waals surface area (Å²) < 4.78 is 18.5. The molecule has 0 heterocycles. The molecule has 0 aliphatic carbocycles. The summed E-state index contributed by atoms with van der Waals surface area (Å²) in [6, 6.07) is 1.26. The topological polar surface area (TPSA) is 58.6 Å². The molecule has 6 heteroatoms. The van der Waals surface area contributed by atoms with Crippen LogP contribution >= 0.6 is 15.9 Å². The zero-order valence-corrected chi connectivity index (χ0v) is 10.4. The van der Waals surface area contributed by atoms with Crippen molar-refractivity contribution >= 4 is 21.7 Å². The number of rotatable bonds is 4. The minimum atomic E-state index is -0.793. The molecule has 0 saturated carbocycles. The van der Waals surface area contributed by atoms with Crippen LogP contribution in [0.25, 0.3) is 0 Å². The van der Waals surface area contributed by atoms with Gasteiger partial charge in [-0.25, -0.2) is 4.39 Å². The van der Waals surface area contributed by atoms with E-state index in [1.807, 2.05) is 0 Å². The maximum atomic E-state index is 13.6. The summed E-state index contributed by atoms with van der Waals surface area (Å²) in [4.78, 5) is 11.6. The smallest absolute Gasteiger partial charge is 0.183 e. The van der Waals surface area contributed by atoms with Crippen molar-refractivity contribution < 1.29 is 19.0 Å². The maximum absolute atomic E-state index is 13.6. The van der Waals surface area contributed by atoms with Crippen molar-refractivity contribution in [3.8, 4) is 11.5 Å². The van der Waals surface area contributed by atoms with E-state index in [0.717, 1.165) is 0 Å². The van der Waals surface area contributed by atoms with Gasteiger partial charge in [-0.15, -0.1) is 0 Å². The lowest BCUT2D eigenvalue weighted by atomic mass is 10.1. The molecular weight excluding hydrogens is 281 g/mol. The fourth-order valence-electron chi connectivity index (χ4n) is 1.25. The number of aromatic hydroxyl groups is 1. The second kappa shape index (κ2) is 5.27. The molecule has 0 aromatic heterocycles. The van der Waals surface area contributed by atoms with E-state index in [1.54, 1.807) is 7.05 Å². The molecule has 0 spiro atoms. The van der Waals surface area contributed by atoms with E-state index in [9.17, 15) is 14.3 Å². The number of carbonyl (C=O) groups is 1. The number of likely N-dealkylation sites (N-methyl/N-ethyl adjacent to an activating group) is 1. The number of ketones is 1. The molecule has 0 radical (unpaired) electrons. The van der Waals surface area contributed by atoms with Crippen molar-refractivity contribution in [3.05, 3.63) is 21.9 Å². The lowest BCUT2D eigenvalue weighted by Crippen LogP contribution is -2.20. The van der Waals surface area contributed by atoms with Crippen LogP contribution in [0.1, 0.15) is 10.4 Å². The van der Waals surface area contributed by atoms with Crippen LogP contribution in [0.2, 0.25) is 0 Å². The zero-order chi connectivity index (χ0) is 12.3. The monoisotopic (exact) mass is 291 g/mol. The molecular formula is C10H11BrFNO3. The van der Waals surface area contributed by atoms with Gasteiger partial charge in [0.1, 0.15) is 5.56 Å². The van der Waals surface area contributed by atoms with Crippen molar-refractivity contribution in [1.82, 2.24) is 5.32 Å². The molecule has 0 atom stereocenters. The summed E-state index contributed by atoms with van der Waals surface area (Å²) >= 11 is 2.95. The normalized spacial score (nSPS) is 10.2. The van der Waals surface area contributed by atoms with Gasteiger partial charge in [-0.05, 0) is 23.0 Å². The van der Waals surface area contributed by atoms with Crippen molar-refractivity contribution in [2.45, 2.75) is 0 Å². The van der Waals surface area contributed by atoms with Gasteiger partial charge in [0.15, 0.2) is 23.1 Å². The number of halogens is 2. The summed E-state index contributed by atoms with van der Waals surface area (Å²) in [5, 5.41) is 12.3. The van der Waals surface area contributed by atoms with Crippen LogP contribution in [0.3, 0.4) is 0 Å². The van der Waals surface area contributed by atoms with Crippen molar-refractivity contribution in [2.75, 3.05) is 20.7 Å². The average Bonchev–Trinajstić information content (AvgIpc) is 2.24. The first-order chi connectivity index (χ1) is 7.52. The number of phenolic OH excluding ortho intramolecular Hbond substituents is 1. The Kier molecular flexibility index (Phi) is 4.26. The van der Waals surface area contributed by atoms with Gasteiger partial charge in [-0.3, -0.25) is 4.79 Å². The lowest BCUT2D eigenvalue weighted by molar-refractivity contribution is 0.0986. The minimum Gasteiger partial charge on any atom is -0.504 e. The first-order valence-electron chi connectivity index (χ1n) is 4.45. The molecule has 0 aliphatic heterocycles. The number of hydrogen-bond donors (Lipinski definition) is 2. The van der Waals surface area contributed by atoms with Crippen LogP contribution in [0.15, 0.2) is 10.5 Å². The fourth-order valence-corrected chi connectivity index (χ4v) is 1.66. The number of methoxy groups -OCH3 is 1. The van der Waals surface area contributed by atoms with E-state index in [-0.39, 0.29) is 22.3 Å². The van der Waals surface area contributed by atoms with Crippen molar-refractivity contribution in [1.29, 1.82) is 0 Å². The van der Waals surface area contributed by atoms with E-state index in [0.29, 0.717) is 0 Å². The summed E-state index contributed by atoms with van der Waals surface area (Å²) in [5.74, 6) is -1.77. The number of nitrogens with one attached hydrogen (secondary N) is 1. The molecule has 4 nitrogen and oxygen atoms in total. The Labute approximate surface area is 101 Å². The number of Topliss-reactive ketones (excluding diaryl/α,β-unsaturated/α-hetero) is 1. The summed E-state index contributed by atoms with van der Waals surface area (Å²) in [6.07, 6.45) is 0. The lowest BCUT2D eigenvalue weighted by Gasteiger charge is -2.10. The van der Waals surface area contributed by atoms with Gasteiger partial charge in [0.05, 0.1) is 18.1 Å². The molecule has 0 amide bonds. The number of ether oxygens (including phenoxy) is 1. The highest BCUT2D eigenvalue weighted by molar-refractivity contribution is 9.10. The predicted molar refractivity (Wildman–Crippen MR) is 60.6 cm³/mol. The second-order valence-electron chi connectivity index (χ2n) is 3.05. The Bertz CT molecular complexity index is 423. The van der Waals surface area contributed by atoms with E-state index >= 15 is 0 Å². The Morgan fingerprint density at radius 3 is 2.81 bits per heavy atom. The Morgan fingerprint density at radius 1 is 1.69 bits per heavy atom. The highest BCUT2D eigenvalue weighted by atomic mass is 79.9. The van der Waals surface area contributed by atoms with Crippen LogP contribution in [-0.2, 0) is 0 Å². The van der Waals surface area contributed by atoms with Gasteiger partial charge in [-0.1, -0.05) is 0 Å². The largest absolute Gasteiger partial charge is 0.504 e. The first-order valence-corrected chi connectivity index (χ1v) is 5.25. The van der Waals surface area contributed by atoms with Crippen LogP contribution < -0.4 is 10.1 Å². The third-order valence-corrected chi connectivity index (χ3v) is 2.57. The number of phenols is 1. The molecule has 0 unspecified atom stereocenters. The molecule has 16 heavy (non-hydrogen) atoms. The fraction of sp³-hybridized carbons (Fsp3) is 0.300. The second-order valence-corrected chi connectivity index (χ2v) is 3.91. The maximum Gasteiger partial charge on any atom is 0.183 e. The molecule has 0 fully saturated rings. The van der Waals surface area contributed by atoms with Gasteiger partial charge in [0, 0.05) is 6.07 Å². The van der Waals surface area contributed by atoms with Crippen molar-refractivity contribution in [3.63, 3.8) is 0 Å². The standard InChI is InChI=1S/C10H11BrFNO3/c1-13-4-6(14)8-9(12)5(11)3-7(16-2)10(8)15/h3,13,15H,4H2,1-2H3. The molecule has 88 valence electrons. The third-order valence-electron chi connectivity index (χ3n) is 1.99. The van der Waals surface area contributed by atoms with Crippen LogP contribution in [0.4, 0.5) is 4.39 Å². The summed E-state index contributed by atoms with van der Waals surface area (Å²) in [7, 11) is 2.88. The molecule has 1 aromatic rings. The summed E-state index contributed by atoms with van der Waals surface area (Å²) in [5.41, 5.74) is -0.374. The Balaban J connectivity index is 3.35. The number of carbonyl (C=O) groups excluding carboxylic acids is 1. The summed E-state index contributed by atoms with van der Waals surface area (Å²) in [6.45, 7) is -0.0654. The Hall–Kier alpha value is -1.14. The quantitative estimate of drug-likeness (QED) is 0.829. The van der Waals surface area contributed by atoms with Crippen LogP contribution in [0.5, 0.6) is 11.5 Å². The molecule has 0 saturated heterocycles. The van der Waals surface area contributed by atoms with Crippen LogP contribution in [-0.4, -0.2) is 31.6 Å². The van der Waals surface area contributed by atoms with E-state index < -0.39 is 17.3 Å². The van der Waals surface area contributed by atoms with Gasteiger partial charge < -0.3 is 15.2 Å². The van der Waals surface area contributed by atoms with Gasteiger partial charge >= 0.3 is 0 Å². The van der Waals surface area contributed by atoms with Gasteiger partial charge in [0.2, 0.25) is 0 Å². The number of benzene rings is 1. The van der Waals surface area contributed by atoms with Crippen LogP contribution in [0, 0.1) is 5.82 Å². The number of hydrogen-bond acceptors (Lipinski definition) is 4. The van der Waals surface area contributed by atoms with Gasteiger partial charge in [-0.2, -0.15) is 0 Å². The molecule has 0 bridgehead atoms. The van der Waals surface area contributed by atoms with E-state index in [2.05, 4.69) is 21.2 Å². The Morgan fingerprint density at radius 2 is 2.31 bits per heavy atom. The molecule has 0 aliphatic rings. The average molecular weight is 292 g/mol. The first kappa shape index (κ1) is 12.9. The predicted octanol–water partition coefficient (Wildman–Crippen LogP) is 1.70. The van der Waals surface area contributed by atoms with Gasteiger partial charge in [0.25, 0.3) is 0 Å². The van der Waals surface area contributed by atoms with E-state index in [4.69, 9.17) is 4.74 Å². The highest BCUT2D eigenvalue weighted by Gasteiger charge is 2.22. The molecule has 2 N–H and O–H groups in total.